The van der Waals surface area contributed by atoms with Crippen LogP contribution in [0.3, 0.4) is 0 Å². The van der Waals surface area contributed by atoms with E-state index in [4.69, 9.17) is 5.73 Å². The maximum Gasteiger partial charge on any atom is 0.129 e. The fourth-order valence-electron chi connectivity index (χ4n) is 1.41. The van der Waals surface area contributed by atoms with E-state index < -0.39 is 20.4 Å². The van der Waals surface area contributed by atoms with Gasteiger partial charge in [0.05, 0.1) is 8.80 Å². The van der Waals surface area contributed by atoms with E-state index in [0.29, 0.717) is 12.0 Å². The van der Waals surface area contributed by atoms with Crippen molar-refractivity contribution in [3.8, 4) is 0 Å². The van der Waals surface area contributed by atoms with E-state index in [0.717, 1.165) is 24.7 Å². The lowest BCUT2D eigenvalue weighted by molar-refractivity contribution is 0.570. The Labute approximate surface area is 90.9 Å². The molecule has 4 heteroatoms. The molecule has 0 fully saturated rings. The minimum Gasteiger partial charge on any atom is -0.333 e. The number of halogens is 2. The average Bonchev–Trinajstić information content (AvgIpc) is 2.21. The van der Waals surface area contributed by atoms with Gasteiger partial charge >= 0.3 is 0 Å². The number of hydrogen-bond donors (Lipinski definition) is 1. The summed E-state index contributed by atoms with van der Waals surface area (Å²) in [5, 5.41) is 0. The molecule has 0 bridgehead atoms. The van der Waals surface area contributed by atoms with E-state index >= 15 is 0 Å². The van der Waals surface area contributed by atoms with E-state index in [1.807, 2.05) is 0 Å². The summed E-state index contributed by atoms with van der Waals surface area (Å²) in [6, 6.07) is 4.85. The molecule has 0 aromatic heterocycles. The predicted molar refractivity (Wildman–Crippen MR) is 60.2 cm³/mol. The molecule has 1 aromatic carbocycles. The lowest BCUT2D eigenvalue weighted by Gasteiger charge is -2.06. The van der Waals surface area contributed by atoms with Crippen molar-refractivity contribution < 1.29 is 8.78 Å². The molecule has 0 atom stereocenters. The van der Waals surface area contributed by atoms with Crippen LogP contribution in [-0.2, 0) is 6.42 Å². The summed E-state index contributed by atoms with van der Waals surface area (Å²) in [7, 11) is -0.438. The quantitative estimate of drug-likeness (QED) is 0.770. The molecule has 1 nitrogen and oxygen atoms in total. The van der Waals surface area contributed by atoms with Gasteiger partial charge in [0.2, 0.25) is 0 Å². The maximum atomic E-state index is 13.2. The monoisotopic (exact) mass is 228 g/mol. The first-order valence-corrected chi connectivity index (χ1v) is 7.50. The topological polar surface area (TPSA) is 26.0 Å². The highest BCUT2D eigenvalue weighted by molar-refractivity contribution is 6.57. The Hall–Kier alpha value is -0.743. The van der Waals surface area contributed by atoms with E-state index in [1.165, 1.54) is 12.1 Å². The van der Waals surface area contributed by atoms with Gasteiger partial charge in [-0.2, -0.15) is 0 Å². The van der Waals surface area contributed by atoms with Crippen LogP contribution < -0.4 is 5.73 Å². The van der Waals surface area contributed by atoms with Crippen LogP contribution in [-0.4, -0.2) is 15.0 Å². The second kappa shape index (κ2) is 5.98. The zero-order chi connectivity index (χ0) is 11.3. The zero-order valence-corrected chi connectivity index (χ0v) is 9.89. The maximum absolute atomic E-state index is 13.2. The summed E-state index contributed by atoms with van der Waals surface area (Å²) in [4.78, 5) is 0. The summed E-state index contributed by atoms with van der Waals surface area (Å²) in [5.74, 6) is -0.953. The zero-order valence-electron chi connectivity index (χ0n) is 8.89. The van der Waals surface area contributed by atoms with Crippen molar-refractivity contribution in [3.05, 3.63) is 35.4 Å². The van der Waals surface area contributed by atoms with Gasteiger partial charge in [-0.25, -0.2) is 8.78 Å². The van der Waals surface area contributed by atoms with Crippen LogP contribution in [0.15, 0.2) is 18.2 Å². The van der Waals surface area contributed by atoms with E-state index in [9.17, 15) is 8.78 Å². The highest BCUT2D eigenvalue weighted by Gasteiger charge is 2.05. The van der Waals surface area contributed by atoms with Crippen LogP contribution in [0, 0.1) is 11.6 Å². The third-order valence-electron chi connectivity index (χ3n) is 2.41. The Balaban J connectivity index is 2.44. The minimum absolute atomic E-state index is 0.437. The van der Waals surface area contributed by atoms with Gasteiger partial charge in [0.1, 0.15) is 11.6 Å². The first-order valence-electron chi connectivity index (χ1n) is 5.08. The van der Waals surface area contributed by atoms with Gasteiger partial charge < -0.3 is 5.73 Å². The lowest BCUT2D eigenvalue weighted by atomic mass is 10.1. The fraction of sp³-hybridized carbons (Fsp3) is 0.455. The van der Waals surface area contributed by atoms with Crippen molar-refractivity contribution in [2.24, 2.45) is 5.73 Å². The smallest absolute Gasteiger partial charge is 0.129 e. The lowest BCUT2D eigenvalue weighted by Crippen LogP contribution is -2.20. The van der Waals surface area contributed by atoms with Crippen LogP contribution in [0.2, 0.25) is 12.6 Å². The van der Waals surface area contributed by atoms with E-state index in [2.05, 4.69) is 6.55 Å². The number of aryl methyl sites for hydroxylation is 1. The molecular formula is C11H16F2NSi. The number of rotatable bonds is 5. The van der Waals surface area contributed by atoms with Crippen LogP contribution in [0.4, 0.5) is 8.78 Å². The van der Waals surface area contributed by atoms with Gasteiger partial charge in [-0.15, -0.1) is 0 Å². The molecule has 1 radical (unpaired) electrons. The molecule has 0 spiro atoms. The molecule has 1 rings (SSSR count). The van der Waals surface area contributed by atoms with Crippen molar-refractivity contribution in [2.45, 2.75) is 25.4 Å². The summed E-state index contributed by atoms with van der Waals surface area (Å²) in [5.41, 5.74) is 6.12. The van der Waals surface area contributed by atoms with Gasteiger partial charge in [0.15, 0.2) is 0 Å². The van der Waals surface area contributed by atoms with Crippen molar-refractivity contribution in [1.29, 1.82) is 0 Å². The van der Waals surface area contributed by atoms with Crippen LogP contribution in [0.5, 0.6) is 0 Å². The van der Waals surface area contributed by atoms with E-state index in [1.54, 1.807) is 0 Å². The highest BCUT2D eigenvalue weighted by Crippen LogP contribution is 2.13. The Kier molecular flexibility index (Phi) is 4.91. The van der Waals surface area contributed by atoms with Crippen molar-refractivity contribution >= 4 is 8.80 Å². The number of hydrogen-bond acceptors (Lipinski definition) is 1. The molecule has 0 saturated heterocycles. The molecule has 2 N–H and O–H groups in total. The van der Waals surface area contributed by atoms with Gasteiger partial charge in [0, 0.05) is 6.07 Å². The van der Waals surface area contributed by atoms with E-state index in [-0.39, 0.29) is 0 Å². The minimum atomic E-state index is -0.515. The molecule has 0 amide bonds. The number of nitrogens with two attached hydrogens (primary N) is 1. The van der Waals surface area contributed by atoms with Crippen molar-refractivity contribution in [1.82, 2.24) is 0 Å². The summed E-state index contributed by atoms with van der Waals surface area (Å²) < 4.78 is 25.8. The second-order valence-corrected chi connectivity index (χ2v) is 6.57. The first kappa shape index (κ1) is 12.3. The molecule has 1 aromatic rings. The Morgan fingerprint density at radius 2 is 2.07 bits per heavy atom. The third-order valence-corrected chi connectivity index (χ3v) is 4.32. The average molecular weight is 228 g/mol. The Bertz CT molecular complexity index is 317. The van der Waals surface area contributed by atoms with Crippen molar-refractivity contribution in [3.63, 3.8) is 0 Å². The highest BCUT2D eigenvalue weighted by atomic mass is 28.3. The molecule has 0 saturated carbocycles. The molecule has 0 unspecified atom stereocenters. The van der Waals surface area contributed by atoms with Gasteiger partial charge in [-0.05, 0) is 24.2 Å². The van der Waals surface area contributed by atoms with Gasteiger partial charge in [-0.1, -0.05) is 25.1 Å². The predicted octanol–water partition coefficient (Wildman–Crippen LogP) is 2.52. The number of benzene rings is 1. The summed E-state index contributed by atoms with van der Waals surface area (Å²) in [6.45, 7) is 2.17. The second-order valence-electron chi connectivity index (χ2n) is 3.75. The van der Waals surface area contributed by atoms with Crippen molar-refractivity contribution in [2.75, 3.05) is 6.17 Å². The summed E-state index contributed by atoms with van der Waals surface area (Å²) >= 11 is 0. The molecule has 0 heterocycles. The van der Waals surface area contributed by atoms with Gasteiger partial charge in [-0.3, -0.25) is 0 Å². The molecule has 0 aliphatic heterocycles. The van der Waals surface area contributed by atoms with Crippen LogP contribution in [0.1, 0.15) is 12.0 Å². The normalized spacial score (nSPS) is 11.0. The molecule has 83 valence electrons. The third kappa shape index (κ3) is 4.09. The molecule has 0 aliphatic carbocycles. The SMILES string of the molecule is C[Si](CN)CCCc1ccc(F)cc1F. The van der Waals surface area contributed by atoms with Gasteiger partial charge in [0.25, 0.3) is 0 Å². The standard InChI is InChI=1S/C11H16F2NSi/c1-15(8-14)6-2-3-9-4-5-10(12)7-11(9)13/h4-5,7H,2-3,6,8,14H2,1H3. The Morgan fingerprint density at radius 3 is 2.67 bits per heavy atom. The van der Waals surface area contributed by atoms with Crippen LogP contribution >= 0.6 is 0 Å². The molecular weight excluding hydrogens is 212 g/mol. The summed E-state index contributed by atoms with van der Waals surface area (Å²) in [6.07, 6.45) is 2.37. The molecule has 15 heavy (non-hydrogen) atoms. The van der Waals surface area contributed by atoms with Crippen LogP contribution in [0.25, 0.3) is 0 Å². The molecule has 0 aliphatic rings. The first-order chi connectivity index (χ1) is 7.13. The fourth-order valence-corrected chi connectivity index (χ4v) is 2.39. The largest absolute Gasteiger partial charge is 0.333 e. The Morgan fingerprint density at radius 1 is 1.33 bits per heavy atom.